The molecule has 0 amide bonds. The van der Waals surface area contributed by atoms with E-state index in [0.717, 1.165) is 6.42 Å². The molecule has 0 aromatic carbocycles. The molecule has 0 bridgehead atoms. The van der Waals surface area contributed by atoms with Gasteiger partial charge in [-0.05, 0) is 20.3 Å². The van der Waals surface area contributed by atoms with Crippen molar-refractivity contribution >= 4 is 29.8 Å². The van der Waals surface area contributed by atoms with Crippen LogP contribution in [0.1, 0.15) is 111 Å². The Morgan fingerprint density at radius 3 is 1.23 bits per heavy atom. The second kappa shape index (κ2) is 21.9. The summed E-state index contributed by atoms with van der Waals surface area (Å²) in [6.45, 7) is 6.06. The number of esters is 1. The van der Waals surface area contributed by atoms with Crippen molar-refractivity contribution in [2.24, 2.45) is 11.8 Å². The van der Waals surface area contributed by atoms with Crippen LogP contribution in [0.3, 0.4) is 0 Å². The molecule has 0 heterocycles. The average Bonchev–Trinajstić information content (AvgIpc) is 2.73. The number of carboxylic acids is 4. The van der Waals surface area contributed by atoms with Crippen molar-refractivity contribution in [3.8, 4) is 0 Å². The Morgan fingerprint density at radius 1 is 0.600 bits per heavy atom. The number of ether oxygens (including phenoxy) is 1. The van der Waals surface area contributed by atoms with Crippen LogP contribution < -0.4 is 0 Å². The highest BCUT2D eigenvalue weighted by Gasteiger charge is 2.36. The fourth-order valence-electron chi connectivity index (χ4n) is 3.43. The topological polar surface area (TPSA) is 176 Å². The van der Waals surface area contributed by atoms with E-state index >= 15 is 0 Å². The zero-order valence-electron chi connectivity index (χ0n) is 21.4. The van der Waals surface area contributed by atoms with E-state index in [1.807, 2.05) is 13.8 Å². The van der Waals surface area contributed by atoms with Gasteiger partial charge < -0.3 is 25.2 Å². The number of hydrogen-bond donors (Lipinski definition) is 4. The third kappa shape index (κ3) is 22.9. The first-order chi connectivity index (χ1) is 16.4. The predicted molar refractivity (Wildman–Crippen MR) is 129 cm³/mol. The molecule has 204 valence electrons. The second-order valence-corrected chi connectivity index (χ2v) is 8.91. The lowest BCUT2D eigenvalue weighted by atomic mass is 9.87. The van der Waals surface area contributed by atoms with E-state index in [1.54, 1.807) is 0 Å². The Hall–Kier alpha value is -2.65. The number of carbonyl (C=O) groups excluding carboxylic acids is 1. The van der Waals surface area contributed by atoms with Crippen LogP contribution in [0.2, 0.25) is 0 Å². The summed E-state index contributed by atoms with van der Waals surface area (Å²) in [4.78, 5) is 53.2. The van der Waals surface area contributed by atoms with Gasteiger partial charge >= 0.3 is 29.8 Å². The number of unbranched alkanes of at least 4 members (excludes halogenated alkanes) is 10. The van der Waals surface area contributed by atoms with Crippen molar-refractivity contribution in [1.29, 1.82) is 0 Å². The van der Waals surface area contributed by atoms with E-state index in [0.29, 0.717) is 6.42 Å². The van der Waals surface area contributed by atoms with Crippen LogP contribution in [0.15, 0.2) is 0 Å². The zero-order valence-corrected chi connectivity index (χ0v) is 21.4. The maximum Gasteiger partial charge on any atom is 0.307 e. The Morgan fingerprint density at radius 2 is 0.943 bits per heavy atom. The van der Waals surface area contributed by atoms with E-state index < -0.39 is 48.6 Å². The molecular weight excluding hydrogens is 460 g/mol. The van der Waals surface area contributed by atoms with Crippen LogP contribution in [0.25, 0.3) is 0 Å². The number of carboxylic acid groups (broad SMARTS) is 4. The van der Waals surface area contributed by atoms with E-state index in [-0.39, 0.29) is 12.1 Å². The molecule has 2 atom stereocenters. The fourth-order valence-corrected chi connectivity index (χ4v) is 3.43. The quantitative estimate of drug-likeness (QED) is 0.131. The Balaban J connectivity index is 0. The molecule has 4 N–H and O–H groups in total. The normalized spacial score (nSPS) is 12.2. The summed E-state index contributed by atoms with van der Waals surface area (Å²) < 4.78 is 5.10. The zero-order chi connectivity index (χ0) is 27.2. The molecular formula is C25H44O10. The molecule has 10 heteroatoms. The van der Waals surface area contributed by atoms with Gasteiger partial charge in [-0.1, -0.05) is 71.1 Å². The Kier molecular flexibility index (Phi) is 21.6. The van der Waals surface area contributed by atoms with Crippen molar-refractivity contribution in [2.45, 2.75) is 117 Å². The van der Waals surface area contributed by atoms with Gasteiger partial charge in [-0.25, -0.2) is 0 Å². The van der Waals surface area contributed by atoms with Gasteiger partial charge in [0.2, 0.25) is 0 Å². The third-order valence-corrected chi connectivity index (χ3v) is 5.26. The molecule has 2 unspecified atom stereocenters. The molecule has 0 saturated carbocycles. The Labute approximate surface area is 208 Å². The monoisotopic (exact) mass is 504 g/mol. The molecule has 0 spiro atoms. The van der Waals surface area contributed by atoms with Crippen LogP contribution in [0, 0.1) is 11.8 Å². The summed E-state index contributed by atoms with van der Waals surface area (Å²) in [7, 11) is 0. The largest absolute Gasteiger partial charge is 0.481 e. The predicted octanol–water partition coefficient (Wildman–Crippen LogP) is 4.98. The van der Waals surface area contributed by atoms with Crippen LogP contribution in [-0.4, -0.2) is 56.4 Å². The van der Waals surface area contributed by atoms with Crippen LogP contribution >= 0.6 is 0 Å². The van der Waals surface area contributed by atoms with Crippen LogP contribution in [0.5, 0.6) is 0 Å². The Bertz CT molecular complexity index is 598. The van der Waals surface area contributed by atoms with Gasteiger partial charge in [0.15, 0.2) is 0 Å². The summed E-state index contributed by atoms with van der Waals surface area (Å²) in [5.74, 6) is -9.83. The average molecular weight is 505 g/mol. The van der Waals surface area contributed by atoms with Crippen molar-refractivity contribution in [3.63, 3.8) is 0 Å². The number of carbonyl (C=O) groups is 5. The molecule has 10 nitrogen and oxygen atoms in total. The first kappa shape index (κ1) is 34.5. The van der Waals surface area contributed by atoms with E-state index in [2.05, 4.69) is 6.92 Å². The van der Waals surface area contributed by atoms with E-state index in [4.69, 9.17) is 25.2 Å². The lowest BCUT2D eigenvalue weighted by Crippen LogP contribution is -2.33. The lowest BCUT2D eigenvalue weighted by molar-refractivity contribution is -0.160. The maximum absolute atomic E-state index is 11.3. The van der Waals surface area contributed by atoms with Crippen molar-refractivity contribution in [2.75, 3.05) is 0 Å². The molecule has 0 aliphatic heterocycles. The fraction of sp³-hybridized carbons (Fsp3) is 0.800. The molecule has 0 aromatic heterocycles. The highest BCUT2D eigenvalue weighted by Crippen LogP contribution is 2.21. The first-order valence-electron chi connectivity index (χ1n) is 12.5. The minimum atomic E-state index is -1.76. The SMILES string of the molecule is CCCCCCCCCCCCCC(=O)OC(C)C.O=C(O)CC(C(=O)O)C(CC(=O)O)C(=O)O. The summed E-state index contributed by atoms with van der Waals surface area (Å²) in [5.41, 5.74) is 0. The number of rotatable bonds is 20. The van der Waals surface area contributed by atoms with Crippen molar-refractivity contribution in [1.82, 2.24) is 0 Å². The molecule has 35 heavy (non-hydrogen) atoms. The van der Waals surface area contributed by atoms with Gasteiger partial charge in [-0.3, -0.25) is 24.0 Å². The number of hydrogen-bond acceptors (Lipinski definition) is 6. The second-order valence-electron chi connectivity index (χ2n) is 8.91. The molecule has 0 aliphatic rings. The molecule has 0 aromatic rings. The molecule has 0 rings (SSSR count). The van der Waals surface area contributed by atoms with Gasteiger partial charge in [0.1, 0.15) is 0 Å². The first-order valence-corrected chi connectivity index (χ1v) is 12.5. The molecule has 0 aliphatic carbocycles. The standard InChI is InChI=1S/C17H34O2.C8H10O8/c1-4-5-6-7-8-9-10-11-12-13-14-15-17(18)19-16(2)3;9-5(10)1-3(7(13)14)4(8(15)16)2-6(11)12/h16H,4-15H2,1-3H3;3-4H,1-2H2,(H,9,10)(H,11,12)(H,13,14)(H,15,16). The molecule has 0 radical (unpaired) electrons. The van der Waals surface area contributed by atoms with Gasteiger partial charge in [0.05, 0.1) is 30.8 Å². The van der Waals surface area contributed by atoms with Gasteiger partial charge in [-0.2, -0.15) is 0 Å². The summed E-state index contributed by atoms with van der Waals surface area (Å²) >= 11 is 0. The third-order valence-electron chi connectivity index (χ3n) is 5.26. The van der Waals surface area contributed by atoms with Crippen molar-refractivity contribution in [3.05, 3.63) is 0 Å². The summed E-state index contributed by atoms with van der Waals surface area (Å²) in [5, 5.41) is 34.1. The minimum absolute atomic E-state index is 0.0280. The van der Waals surface area contributed by atoms with Crippen molar-refractivity contribution < 1.29 is 49.1 Å². The minimum Gasteiger partial charge on any atom is -0.481 e. The van der Waals surface area contributed by atoms with Crippen LogP contribution in [0.4, 0.5) is 0 Å². The highest BCUT2D eigenvalue weighted by molar-refractivity contribution is 5.86. The summed E-state index contributed by atoms with van der Waals surface area (Å²) in [6.07, 6.45) is 13.2. The van der Waals surface area contributed by atoms with Gasteiger partial charge in [0.25, 0.3) is 0 Å². The van der Waals surface area contributed by atoms with Gasteiger partial charge in [-0.15, -0.1) is 0 Å². The lowest BCUT2D eigenvalue weighted by Gasteiger charge is -2.16. The summed E-state index contributed by atoms with van der Waals surface area (Å²) in [6, 6.07) is 0. The number of aliphatic carboxylic acids is 4. The maximum atomic E-state index is 11.3. The van der Waals surface area contributed by atoms with Gasteiger partial charge in [0, 0.05) is 6.42 Å². The molecule has 0 saturated heterocycles. The smallest absolute Gasteiger partial charge is 0.307 e. The van der Waals surface area contributed by atoms with E-state index in [1.165, 1.54) is 64.2 Å². The molecule has 0 fully saturated rings. The van der Waals surface area contributed by atoms with Crippen LogP contribution in [-0.2, 0) is 28.7 Å². The van der Waals surface area contributed by atoms with E-state index in [9.17, 15) is 24.0 Å². The highest BCUT2D eigenvalue weighted by atomic mass is 16.5.